The molecule has 2 aromatic rings. The SMILES string of the molecule is COc1cc(C(=O)N(C)CCOc2cc(C)cc(C)c2)cc(OC)c1OC. The van der Waals surface area contributed by atoms with Crippen molar-refractivity contribution in [2.75, 3.05) is 41.5 Å². The Morgan fingerprint density at radius 2 is 1.44 bits per heavy atom. The van der Waals surface area contributed by atoms with Gasteiger partial charge in [0.1, 0.15) is 12.4 Å². The highest BCUT2D eigenvalue weighted by Gasteiger charge is 2.19. The van der Waals surface area contributed by atoms with E-state index in [2.05, 4.69) is 6.07 Å². The third kappa shape index (κ3) is 5.06. The van der Waals surface area contributed by atoms with Gasteiger partial charge in [0.05, 0.1) is 27.9 Å². The van der Waals surface area contributed by atoms with Gasteiger partial charge in [-0.15, -0.1) is 0 Å². The molecule has 2 rings (SSSR count). The van der Waals surface area contributed by atoms with Gasteiger partial charge in [0.25, 0.3) is 5.91 Å². The first-order valence-electron chi connectivity index (χ1n) is 8.66. The molecule has 6 heteroatoms. The predicted molar refractivity (Wildman–Crippen MR) is 104 cm³/mol. The number of hydrogen-bond donors (Lipinski definition) is 0. The number of carbonyl (C=O) groups excluding carboxylic acids is 1. The van der Waals surface area contributed by atoms with Gasteiger partial charge in [-0.3, -0.25) is 4.79 Å². The summed E-state index contributed by atoms with van der Waals surface area (Å²) in [5.74, 6) is 2.00. The van der Waals surface area contributed by atoms with Crippen molar-refractivity contribution < 1.29 is 23.7 Å². The molecule has 6 nitrogen and oxygen atoms in total. The summed E-state index contributed by atoms with van der Waals surface area (Å²) in [4.78, 5) is 14.4. The van der Waals surface area contributed by atoms with Crippen molar-refractivity contribution in [2.45, 2.75) is 13.8 Å². The van der Waals surface area contributed by atoms with E-state index in [0.29, 0.717) is 36.0 Å². The molecule has 0 bridgehead atoms. The molecule has 0 unspecified atom stereocenters. The van der Waals surface area contributed by atoms with E-state index in [1.807, 2.05) is 26.0 Å². The zero-order chi connectivity index (χ0) is 20.0. The first-order chi connectivity index (χ1) is 12.9. The predicted octanol–water partition coefficient (Wildman–Crippen LogP) is 3.48. The van der Waals surface area contributed by atoms with E-state index >= 15 is 0 Å². The number of ether oxygens (including phenoxy) is 4. The first kappa shape index (κ1) is 20.4. The van der Waals surface area contributed by atoms with Crippen molar-refractivity contribution in [3.05, 3.63) is 47.0 Å². The van der Waals surface area contributed by atoms with E-state index in [4.69, 9.17) is 18.9 Å². The van der Waals surface area contributed by atoms with Crippen LogP contribution in [-0.2, 0) is 0 Å². The van der Waals surface area contributed by atoms with Crippen molar-refractivity contribution in [3.8, 4) is 23.0 Å². The van der Waals surface area contributed by atoms with Crippen molar-refractivity contribution in [1.82, 2.24) is 4.90 Å². The third-order valence-electron chi connectivity index (χ3n) is 4.15. The Bertz CT molecular complexity index is 758. The Morgan fingerprint density at radius 3 is 1.93 bits per heavy atom. The maximum atomic E-state index is 12.7. The van der Waals surface area contributed by atoms with Gasteiger partial charge in [-0.2, -0.15) is 0 Å². The first-order valence-corrected chi connectivity index (χ1v) is 8.66. The van der Waals surface area contributed by atoms with Crippen LogP contribution in [0, 0.1) is 13.8 Å². The van der Waals surface area contributed by atoms with Crippen molar-refractivity contribution in [3.63, 3.8) is 0 Å². The molecular formula is C21H27NO5. The number of benzene rings is 2. The molecule has 27 heavy (non-hydrogen) atoms. The summed E-state index contributed by atoms with van der Waals surface area (Å²) in [6.07, 6.45) is 0. The minimum atomic E-state index is -0.154. The van der Waals surface area contributed by atoms with E-state index in [9.17, 15) is 4.79 Å². The zero-order valence-corrected chi connectivity index (χ0v) is 16.8. The molecule has 146 valence electrons. The fourth-order valence-electron chi connectivity index (χ4n) is 2.84. The average Bonchev–Trinajstić information content (AvgIpc) is 2.65. The van der Waals surface area contributed by atoms with Gasteiger partial charge in [-0.05, 0) is 49.2 Å². The Labute approximate surface area is 160 Å². The highest BCUT2D eigenvalue weighted by molar-refractivity contribution is 5.95. The second-order valence-electron chi connectivity index (χ2n) is 6.31. The average molecular weight is 373 g/mol. The van der Waals surface area contributed by atoms with Gasteiger partial charge in [-0.1, -0.05) is 6.07 Å². The van der Waals surface area contributed by atoms with Crippen LogP contribution in [0.25, 0.3) is 0 Å². The Kier molecular flexibility index (Phi) is 6.93. The molecule has 0 atom stereocenters. The fraction of sp³-hybridized carbons (Fsp3) is 0.381. The van der Waals surface area contributed by atoms with Gasteiger partial charge in [-0.25, -0.2) is 0 Å². The standard InChI is InChI=1S/C21H27NO5/c1-14-9-15(2)11-17(10-14)27-8-7-22(3)21(23)16-12-18(24-4)20(26-6)19(13-16)25-5/h9-13H,7-8H2,1-6H3. The van der Waals surface area contributed by atoms with Gasteiger partial charge in [0.2, 0.25) is 5.75 Å². The highest BCUT2D eigenvalue weighted by Crippen LogP contribution is 2.38. The maximum absolute atomic E-state index is 12.7. The monoisotopic (exact) mass is 373 g/mol. The van der Waals surface area contributed by atoms with Gasteiger partial charge >= 0.3 is 0 Å². The van der Waals surface area contributed by atoms with Crippen LogP contribution in [0.3, 0.4) is 0 Å². The molecule has 0 aliphatic carbocycles. The number of aryl methyl sites for hydroxylation is 2. The molecule has 0 aliphatic rings. The number of carbonyl (C=O) groups is 1. The minimum Gasteiger partial charge on any atom is -0.493 e. The van der Waals surface area contributed by atoms with Crippen molar-refractivity contribution in [2.24, 2.45) is 0 Å². The Morgan fingerprint density at radius 1 is 0.889 bits per heavy atom. The summed E-state index contributed by atoms with van der Waals surface area (Å²) in [5.41, 5.74) is 2.75. The molecule has 0 radical (unpaired) electrons. The van der Waals surface area contributed by atoms with E-state index in [-0.39, 0.29) is 5.91 Å². The van der Waals surface area contributed by atoms with Crippen LogP contribution in [0.5, 0.6) is 23.0 Å². The molecule has 0 fully saturated rings. The number of methoxy groups -OCH3 is 3. The van der Waals surface area contributed by atoms with Crippen LogP contribution in [0.1, 0.15) is 21.5 Å². The summed E-state index contributed by atoms with van der Waals surface area (Å²) < 4.78 is 21.7. The summed E-state index contributed by atoms with van der Waals surface area (Å²) in [6.45, 7) is 4.90. The number of amides is 1. The molecular weight excluding hydrogens is 346 g/mol. The summed E-state index contributed by atoms with van der Waals surface area (Å²) in [6, 6.07) is 9.34. The molecule has 0 heterocycles. The van der Waals surface area contributed by atoms with E-state index in [1.165, 1.54) is 21.3 Å². The summed E-state index contributed by atoms with van der Waals surface area (Å²) >= 11 is 0. The van der Waals surface area contributed by atoms with Gasteiger partial charge < -0.3 is 23.8 Å². The molecule has 2 aromatic carbocycles. The molecule has 0 saturated heterocycles. The maximum Gasteiger partial charge on any atom is 0.253 e. The second-order valence-corrected chi connectivity index (χ2v) is 6.31. The third-order valence-corrected chi connectivity index (χ3v) is 4.15. The Hall–Kier alpha value is -2.89. The largest absolute Gasteiger partial charge is 0.493 e. The lowest BCUT2D eigenvalue weighted by atomic mass is 10.1. The van der Waals surface area contributed by atoms with Crippen molar-refractivity contribution >= 4 is 5.91 Å². The lowest BCUT2D eigenvalue weighted by molar-refractivity contribution is 0.0773. The van der Waals surface area contributed by atoms with E-state index in [0.717, 1.165) is 16.9 Å². The quantitative estimate of drug-likeness (QED) is 0.709. The number of hydrogen-bond acceptors (Lipinski definition) is 5. The number of nitrogens with zero attached hydrogens (tertiary/aromatic N) is 1. The van der Waals surface area contributed by atoms with Crippen LogP contribution in [0.2, 0.25) is 0 Å². The van der Waals surface area contributed by atoms with Crippen LogP contribution < -0.4 is 18.9 Å². The topological polar surface area (TPSA) is 57.2 Å². The molecule has 0 aromatic heterocycles. The summed E-state index contributed by atoms with van der Waals surface area (Å²) in [7, 11) is 6.30. The van der Waals surface area contributed by atoms with Crippen molar-refractivity contribution in [1.29, 1.82) is 0 Å². The van der Waals surface area contributed by atoms with Gasteiger partial charge in [0, 0.05) is 12.6 Å². The fourth-order valence-corrected chi connectivity index (χ4v) is 2.84. The minimum absolute atomic E-state index is 0.154. The number of likely N-dealkylation sites (N-methyl/N-ethyl adjacent to an activating group) is 1. The van der Waals surface area contributed by atoms with E-state index in [1.54, 1.807) is 24.1 Å². The van der Waals surface area contributed by atoms with Gasteiger partial charge in [0.15, 0.2) is 11.5 Å². The molecule has 1 amide bonds. The Balaban J connectivity index is 2.06. The smallest absolute Gasteiger partial charge is 0.253 e. The van der Waals surface area contributed by atoms with Crippen LogP contribution >= 0.6 is 0 Å². The summed E-state index contributed by atoms with van der Waals surface area (Å²) in [5, 5.41) is 0. The molecule has 0 spiro atoms. The van der Waals surface area contributed by atoms with Crippen LogP contribution in [0.15, 0.2) is 30.3 Å². The van der Waals surface area contributed by atoms with E-state index < -0.39 is 0 Å². The molecule has 0 saturated carbocycles. The highest BCUT2D eigenvalue weighted by atomic mass is 16.5. The lowest BCUT2D eigenvalue weighted by Crippen LogP contribution is -2.31. The molecule has 0 aliphatic heterocycles. The van der Waals surface area contributed by atoms with Crippen LogP contribution in [0.4, 0.5) is 0 Å². The number of rotatable bonds is 8. The van der Waals surface area contributed by atoms with Crippen LogP contribution in [-0.4, -0.2) is 52.3 Å². The molecule has 0 N–H and O–H groups in total. The lowest BCUT2D eigenvalue weighted by Gasteiger charge is -2.19. The normalized spacial score (nSPS) is 10.3. The zero-order valence-electron chi connectivity index (χ0n) is 16.8. The second kappa shape index (κ2) is 9.16.